The molecule has 1 amide bonds. The quantitative estimate of drug-likeness (QED) is 0.861. The molecule has 1 aromatic heterocycles. The molecule has 1 heterocycles. The Morgan fingerprint density at radius 2 is 2.04 bits per heavy atom. The Balaban J connectivity index is 1.76. The van der Waals surface area contributed by atoms with Gasteiger partial charge < -0.3 is 5.32 Å². The number of hydrogen-bond donors (Lipinski definition) is 1. The van der Waals surface area contributed by atoms with Gasteiger partial charge in [-0.25, -0.2) is 0 Å². The summed E-state index contributed by atoms with van der Waals surface area (Å²) in [6.07, 6.45) is -0.554. The highest BCUT2D eigenvalue weighted by Gasteiger charge is 2.35. The summed E-state index contributed by atoms with van der Waals surface area (Å²) >= 11 is 0. The lowest BCUT2D eigenvalue weighted by atomic mass is 9.82. The molecule has 0 radical (unpaired) electrons. The first-order valence-electron chi connectivity index (χ1n) is 8.94. The van der Waals surface area contributed by atoms with Crippen LogP contribution in [0.25, 0.3) is 11.4 Å². The summed E-state index contributed by atoms with van der Waals surface area (Å²) in [5, 5.41) is 23.9. The number of nitriles is 1. The van der Waals surface area contributed by atoms with Crippen LogP contribution in [0.3, 0.4) is 0 Å². The average Bonchev–Trinajstić information content (AvgIpc) is 3.17. The van der Waals surface area contributed by atoms with E-state index in [9.17, 15) is 23.2 Å². The fourth-order valence-electron chi connectivity index (χ4n) is 3.20. The largest absolute Gasteiger partial charge is 0.416 e. The van der Waals surface area contributed by atoms with E-state index < -0.39 is 29.2 Å². The fraction of sp³-hybridized carbons (Fsp3) is 0.500. The number of alkyl halides is 3. The maximum atomic E-state index is 12.9. The molecule has 1 saturated carbocycles. The van der Waals surface area contributed by atoms with Gasteiger partial charge in [-0.3, -0.25) is 4.79 Å². The predicted molar refractivity (Wildman–Crippen MR) is 92.5 cm³/mol. The number of amides is 1. The van der Waals surface area contributed by atoms with Crippen molar-refractivity contribution < 1.29 is 18.0 Å². The van der Waals surface area contributed by atoms with Crippen LogP contribution in [0, 0.1) is 11.3 Å². The Labute approximate surface area is 159 Å². The molecule has 1 unspecified atom stereocenters. The number of nitrogens with one attached hydrogen (secondary N) is 1. The number of nitrogens with zero attached hydrogens (tertiary/aromatic N) is 5. The first-order chi connectivity index (χ1) is 13.2. The highest BCUT2D eigenvalue weighted by Crippen LogP contribution is 2.31. The Morgan fingerprint density at radius 3 is 2.68 bits per heavy atom. The van der Waals surface area contributed by atoms with Crippen LogP contribution in [0.15, 0.2) is 24.3 Å². The molecule has 0 bridgehead atoms. The van der Waals surface area contributed by atoms with Crippen LogP contribution >= 0.6 is 0 Å². The van der Waals surface area contributed by atoms with E-state index in [0.29, 0.717) is 12.8 Å². The first kappa shape index (κ1) is 19.8. The summed E-state index contributed by atoms with van der Waals surface area (Å²) in [5.41, 5.74) is -1.57. The number of carbonyl (C=O) groups is 1. The molecule has 1 fully saturated rings. The molecule has 7 nitrogen and oxygen atoms in total. The maximum Gasteiger partial charge on any atom is 0.416 e. The van der Waals surface area contributed by atoms with Crippen LogP contribution in [0.5, 0.6) is 0 Å². The lowest BCUT2D eigenvalue weighted by Gasteiger charge is -2.32. The number of rotatable bonds is 4. The van der Waals surface area contributed by atoms with Crippen molar-refractivity contribution in [1.29, 1.82) is 5.26 Å². The number of halogens is 3. The van der Waals surface area contributed by atoms with Crippen LogP contribution in [0.2, 0.25) is 0 Å². The zero-order valence-corrected chi connectivity index (χ0v) is 15.2. The van der Waals surface area contributed by atoms with Gasteiger partial charge in [0.1, 0.15) is 11.6 Å². The molecule has 0 aliphatic heterocycles. The summed E-state index contributed by atoms with van der Waals surface area (Å²) in [4.78, 5) is 13.6. The Kier molecular flexibility index (Phi) is 5.36. The zero-order valence-electron chi connectivity index (χ0n) is 15.2. The molecule has 3 rings (SSSR count). The molecule has 1 atom stereocenters. The summed E-state index contributed by atoms with van der Waals surface area (Å²) in [6.45, 7) is 1.54. The van der Waals surface area contributed by atoms with Gasteiger partial charge in [-0.15, -0.1) is 10.2 Å². The van der Waals surface area contributed by atoms with Gasteiger partial charge in [0, 0.05) is 5.56 Å². The standard InChI is InChI=1S/C18H19F3N6O/c1-12(16(28)23-17(11-22)8-3-2-4-9-17)27-25-15(24-26-27)13-6-5-7-14(10-13)18(19,20)21/h5-7,10,12H,2-4,8-9H2,1H3,(H,23,28). The summed E-state index contributed by atoms with van der Waals surface area (Å²) in [6, 6.07) is 5.92. The van der Waals surface area contributed by atoms with E-state index in [2.05, 4.69) is 26.8 Å². The van der Waals surface area contributed by atoms with Crippen molar-refractivity contribution in [3.05, 3.63) is 29.8 Å². The third-order valence-electron chi connectivity index (χ3n) is 4.89. The Morgan fingerprint density at radius 1 is 1.32 bits per heavy atom. The molecule has 0 spiro atoms. The summed E-state index contributed by atoms with van der Waals surface area (Å²) < 4.78 is 38.6. The van der Waals surface area contributed by atoms with Gasteiger partial charge in [0.2, 0.25) is 11.7 Å². The number of carbonyl (C=O) groups excluding carboxylic acids is 1. The van der Waals surface area contributed by atoms with Crippen LogP contribution in [0.1, 0.15) is 50.6 Å². The second-order valence-corrected chi connectivity index (χ2v) is 6.93. The minimum atomic E-state index is -4.48. The van der Waals surface area contributed by atoms with E-state index in [-0.39, 0.29) is 11.4 Å². The summed E-state index contributed by atoms with van der Waals surface area (Å²) in [5.74, 6) is -0.449. The van der Waals surface area contributed by atoms with Crippen molar-refractivity contribution in [3.63, 3.8) is 0 Å². The van der Waals surface area contributed by atoms with Crippen molar-refractivity contribution in [2.45, 2.75) is 56.8 Å². The Bertz CT molecular complexity index is 895. The van der Waals surface area contributed by atoms with E-state index >= 15 is 0 Å². The van der Waals surface area contributed by atoms with E-state index in [4.69, 9.17) is 0 Å². The van der Waals surface area contributed by atoms with Crippen molar-refractivity contribution in [3.8, 4) is 17.5 Å². The predicted octanol–water partition coefficient (Wildman–Crippen LogP) is 3.26. The van der Waals surface area contributed by atoms with E-state index in [1.807, 2.05) is 0 Å². The molecular formula is C18H19F3N6O. The van der Waals surface area contributed by atoms with Gasteiger partial charge >= 0.3 is 6.18 Å². The van der Waals surface area contributed by atoms with Crippen LogP contribution in [0.4, 0.5) is 13.2 Å². The number of tetrazole rings is 1. The molecule has 10 heteroatoms. The molecule has 1 aromatic carbocycles. The molecular weight excluding hydrogens is 373 g/mol. The second kappa shape index (κ2) is 7.58. The van der Waals surface area contributed by atoms with E-state index in [1.165, 1.54) is 12.1 Å². The zero-order chi connectivity index (χ0) is 20.4. The highest BCUT2D eigenvalue weighted by atomic mass is 19.4. The number of hydrogen-bond acceptors (Lipinski definition) is 5. The van der Waals surface area contributed by atoms with Crippen molar-refractivity contribution >= 4 is 5.91 Å². The van der Waals surface area contributed by atoms with Crippen molar-refractivity contribution in [2.75, 3.05) is 0 Å². The third kappa shape index (κ3) is 4.13. The van der Waals surface area contributed by atoms with E-state index in [0.717, 1.165) is 36.2 Å². The summed E-state index contributed by atoms with van der Waals surface area (Å²) in [7, 11) is 0. The fourth-order valence-corrected chi connectivity index (χ4v) is 3.20. The first-order valence-corrected chi connectivity index (χ1v) is 8.94. The molecule has 1 aliphatic carbocycles. The topological polar surface area (TPSA) is 96.5 Å². The molecule has 148 valence electrons. The molecule has 0 saturated heterocycles. The van der Waals surface area contributed by atoms with Gasteiger partial charge in [0.15, 0.2) is 0 Å². The van der Waals surface area contributed by atoms with Gasteiger partial charge in [0.05, 0.1) is 11.6 Å². The maximum absolute atomic E-state index is 12.9. The van der Waals surface area contributed by atoms with Crippen LogP contribution in [-0.4, -0.2) is 31.7 Å². The number of benzene rings is 1. The normalized spacial score (nSPS) is 17.5. The van der Waals surface area contributed by atoms with Gasteiger partial charge in [0.25, 0.3) is 0 Å². The van der Waals surface area contributed by atoms with Gasteiger partial charge in [-0.1, -0.05) is 31.4 Å². The van der Waals surface area contributed by atoms with Crippen molar-refractivity contribution in [2.24, 2.45) is 0 Å². The molecule has 2 aromatic rings. The smallest absolute Gasteiger partial charge is 0.336 e. The lowest BCUT2D eigenvalue weighted by Crippen LogP contribution is -2.50. The molecule has 28 heavy (non-hydrogen) atoms. The number of aromatic nitrogens is 4. The molecule has 1 aliphatic rings. The third-order valence-corrected chi connectivity index (χ3v) is 4.89. The monoisotopic (exact) mass is 392 g/mol. The van der Waals surface area contributed by atoms with Crippen LogP contribution in [-0.2, 0) is 11.0 Å². The molecule has 1 N–H and O–H groups in total. The minimum Gasteiger partial charge on any atom is -0.336 e. The van der Waals surface area contributed by atoms with Gasteiger partial charge in [-0.05, 0) is 37.1 Å². The minimum absolute atomic E-state index is 0.0154. The lowest BCUT2D eigenvalue weighted by molar-refractivity contribution is -0.137. The van der Waals surface area contributed by atoms with Crippen molar-refractivity contribution in [1.82, 2.24) is 25.5 Å². The van der Waals surface area contributed by atoms with E-state index in [1.54, 1.807) is 6.92 Å². The Hall–Kier alpha value is -2.96. The second-order valence-electron chi connectivity index (χ2n) is 6.93. The highest BCUT2D eigenvalue weighted by molar-refractivity contribution is 5.81. The van der Waals surface area contributed by atoms with Gasteiger partial charge in [-0.2, -0.15) is 23.2 Å². The van der Waals surface area contributed by atoms with Crippen LogP contribution < -0.4 is 5.32 Å². The average molecular weight is 392 g/mol. The SMILES string of the molecule is CC(C(=O)NC1(C#N)CCCCC1)n1nnc(-c2cccc(C(F)(F)F)c2)n1.